The molecular formula is C28H29N3O2S. The fourth-order valence-corrected chi connectivity index (χ4v) is 4.65. The Hall–Kier alpha value is -3.38. The second-order valence-electron chi connectivity index (χ2n) is 8.88. The number of hydrogen-bond donors (Lipinski definition) is 1. The second-order valence-corrected chi connectivity index (χ2v) is 9.83. The highest BCUT2D eigenvalue weighted by atomic mass is 32.2. The summed E-state index contributed by atoms with van der Waals surface area (Å²) in [5.41, 5.74) is 4.35. The van der Waals surface area contributed by atoms with Crippen molar-refractivity contribution in [3.8, 4) is 0 Å². The molecule has 0 aliphatic heterocycles. The molecule has 0 aliphatic rings. The predicted octanol–water partition coefficient (Wildman–Crippen LogP) is 5.43. The van der Waals surface area contributed by atoms with Gasteiger partial charge in [-0.05, 0) is 42.2 Å². The smallest absolute Gasteiger partial charge is 0.262 e. The van der Waals surface area contributed by atoms with Gasteiger partial charge in [0.05, 0.1) is 17.4 Å². The standard InChI is InChI=1S/C28H29N3O2S/c1-19(2)16-29-26(32)23-12-13-24-25(15-23)30-28(34-18-22-11-7-8-20(3)14-22)31(27(24)33)17-21-9-5-4-6-10-21/h4-15,19H,16-18H2,1-3H3,(H,29,32). The Balaban J connectivity index is 1.73. The number of carbonyl (C=O) groups excluding carboxylic acids is 1. The first-order valence-electron chi connectivity index (χ1n) is 11.5. The quantitative estimate of drug-likeness (QED) is 0.275. The van der Waals surface area contributed by atoms with Gasteiger partial charge in [0.2, 0.25) is 0 Å². The number of nitrogens with zero attached hydrogens (tertiary/aromatic N) is 2. The van der Waals surface area contributed by atoms with Crippen LogP contribution >= 0.6 is 11.8 Å². The largest absolute Gasteiger partial charge is 0.352 e. The Labute approximate surface area is 204 Å². The minimum Gasteiger partial charge on any atom is -0.352 e. The van der Waals surface area contributed by atoms with E-state index in [-0.39, 0.29) is 11.5 Å². The minimum absolute atomic E-state index is 0.102. The number of carbonyl (C=O) groups is 1. The summed E-state index contributed by atoms with van der Waals surface area (Å²) < 4.78 is 1.73. The van der Waals surface area contributed by atoms with E-state index in [4.69, 9.17) is 4.98 Å². The Morgan fingerprint density at radius 1 is 1.00 bits per heavy atom. The van der Waals surface area contributed by atoms with Gasteiger partial charge in [-0.2, -0.15) is 0 Å². The van der Waals surface area contributed by atoms with Crippen LogP contribution < -0.4 is 10.9 Å². The Kier molecular flexibility index (Phi) is 7.48. The summed E-state index contributed by atoms with van der Waals surface area (Å²) in [6.07, 6.45) is 0. The topological polar surface area (TPSA) is 64.0 Å². The zero-order valence-electron chi connectivity index (χ0n) is 19.7. The second kappa shape index (κ2) is 10.7. The van der Waals surface area contributed by atoms with E-state index in [0.29, 0.717) is 46.4 Å². The highest BCUT2D eigenvalue weighted by Gasteiger charge is 2.15. The molecule has 1 aromatic heterocycles. The molecule has 34 heavy (non-hydrogen) atoms. The van der Waals surface area contributed by atoms with Gasteiger partial charge in [0.15, 0.2) is 5.16 Å². The third kappa shape index (κ3) is 5.75. The van der Waals surface area contributed by atoms with E-state index in [2.05, 4.69) is 44.3 Å². The fraction of sp³-hybridized carbons (Fsp3) is 0.250. The number of thioether (sulfide) groups is 1. The van der Waals surface area contributed by atoms with Crippen LogP contribution in [0.2, 0.25) is 0 Å². The highest BCUT2D eigenvalue weighted by molar-refractivity contribution is 7.98. The van der Waals surface area contributed by atoms with E-state index in [9.17, 15) is 9.59 Å². The van der Waals surface area contributed by atoms with Crippen LogP contribution in [0.1, 0.15) is 40.9 Å². The van der Waals surface area contributed by atoms with Crippen molar-refractivity contribution in [2.24, 2.45) is 5.92 Å². The molecule has 0 saturated heterocycles. The van der Waals surface area contributed by atoms with Crippen molar-refractivity contribution in [1.82, 2.24) is 14.9 Å². The molecule has 0 fully saturated rings. The molecule has 5 nitrogen and oxygen atoms in total. The van der Waals surface area contributed by atoms with Crippen molar-refractivity contribution in [3.05, 3.63) is 105 Å². The third-order valence-corrected chi connectivity index (χ3v) is 6.53. The van der Waals surface area contributed by atoms with Gasteiger partial charge >= 0.3 is 0 Å². The van der Waals surface area contributed by atoms with Gasteiger partial charge in [-0.3, -0.25) is 14.2 Å². The number of benzene rings is 3. The SMILES string of the molecule is Cc1cccc(CSc2nc3cc(C(=O)NCC(C)C)ccc3c(=O)n2Cc2ccccc2)c1. The molecule has 0 saturated carbocycles. The first kappa shape index (κ1) is 23.8. The molecule has 1 N–H and O–H groups in total. The van der Waals surface area contributed by atoms with E-state index < -0.39 is 0 Å². The summed E-state index contributed by atoms with van der Waals surface area (Å²) >= 11 is 1.54. The molecule has 0 aliphatic carbocycles. The Morgan fingerprint density at radius 3 is 2.50 bits per heavy atom. The lowest BCUT2D eigenvalue weighted by Gasteiger charge is -2.14. The maximum absolute atomic E-state index is 13.5. The summed E-state index contributed by atoms with van der Waals surface area (Å²) in [5, 5.41) is 4.08. The third-order valence-electron chi connectivity index (χ3n) is 5.49. The summed E-state index contributed by atoms with van der Waals surface area (Å²) in [5.74, 6) is 0.903. The average Bonchev–Trinajstić information content (AvgIpc) is 2.83. The lowest BCUT2D eigenvalue weighted by atomic mass is 10.1. The number of nitrogens with one attached hydrogen (secondary N) is 1. The van der Waals surface area contributed by atoms with Crippen LogP contribution in [0.3, 0.4) is 0 Å². The monoisotopic (exact) mass is 471 g/mol. The molecule has 0 radical (unpaired) electrons. The first-order chi connectivity index (χ1) is 16.4. The van der Waals surface area contributed by atoms with E-state index in [1.165, 1.54) is 22.9 Å². The number of aryl methyl sites for hydroxylation is 1. The first-order valence-corrected chi connectivity index (χ1v) is 12.4. The normalized spacial score (nSPS) is 11.2. The van der Waals surface area contributed by atoms with E-state index in [0.717, 1.165) is 5.56 Å². The van der Waals surface area contributed by atoms with Crippen molar-refractivity contribution in [2.45, 2.75) is 38.2 Å². The van der Waals surface area contributed by atoms with Gasteiger partial charge in [-0.15, -0.1) is 0 Å². The summed E-state index contributed by atoms with van der Waals surface area (Å²) in [6, 6.07) is 23.4. The van der Waals surface area contributed by atoms with E-state index in [1.54, 1.807) is 22.8 Å². The van der Waals surface area contributed by atoms with E-state index >= 15 is 0 Å². The van der Waals surface area contributed by atoms with Crippen LogP contribution in [0.5, 0.6) is 0 Å². The van der Waals surface area contributed by atoms with Crippen LogP contribution in [-0.4, -0.2) is 22.0 Å². The fourth-order valence-electron chi connectivity index (χ4n) is 3.71. The van der Waals surface area contributed by atoms with Gasteiger partial charge in [0.25, 0.3) is 11.5 Å². The Morgan fingerprint density at radius 2 is 1.76 bits per heavy atom. The minimum atomic E-state index is -0.153. The molecule has 1 amide bonds. The zero-order valence-corrected chi connectivity index (χ0v) is 20.6. The van der Waals surface area contributed by atoms with Gasteiger partial charge in [0, 0.05) is 17.9 Å². The summed E-state index contributed by atoms with van der Waals surface area (Å²) in [7, 11) is 0. The summed E-state index contributed by atoms with van der Waals surface area (Å²) in [4.78, 5) is 31.0. The van der Waals surface area contributed by atoms with Crippen molar-refractivity contribution < 1.29 is 4.79 Å². The number of rotatable bonds is 8. The van der Waals surface area contributed by atoms with Crippen LogP contribution in [-0.2, 0) is 12.3 Å². The van der Waals surface area contributed by atoms with Crippen molar-refractivity contribution in [3.63, 3.8) is 0 Å². The molecule has 174 valence electrons. The summed E-state index contributed by atoms with van der Waals surface area (Å²) in [6.45, 7) is 7.21. The van der Waals surface area contributed by atoms with Crippen molar-refractivity contribution in [2.75, 3.05) is 6.54 Å². The lowest BCUT2D eigenvalue weighted by molar-refractivity contribution is 0.0949. The molecule has 6 heteroatoms. The molecule has 4 rings (SSSR count). The van der Waals surface area contributed by atoms with Crippen LogP contribution in [0.4, 0.5) is 0 Å². The maximum atomic E-state index is 13.5. The number of hydrogen-bond acceptors (Lipinski definition) is 4. The number of aromatic nitrogens is 2. The van der Waals surface area contributed by atoms with Crippen LogP contribution in [0.25, 0.3) is 10.9 Å². The molecule has 1 heterocycles. The van der Waals surface area contributed by atoms with Crippen LogP contribution in [0, 0.1) is 12.8 Å². The predicted molar refractivity (Wildman–Crippen MR) is 139 cm³/mol. The van der Waals surface area contributed by atoms with E-state index in [1.807, 2.05) is 36.4 Å². The lowest BCUT2D eigenvalue weighted by Crippen LogP contribution is -2.28. The van der Waals surface area contributed by atoms with Crippen LogP contribution in [0.15, 0.2) is 82.7 Å². The number of amides is 1. The molecule has 4 aromatic rings. The highest BCUT2D eigenvalue weighted by Crippen LogP contribution is 2.24. The maximum Gasteiger partial charge on any atom is 0.262 e. The van der Waals surface area contributed by atoms with Gasteiger partial charge in [-0.25, -0.2) is 4.98 Å². The molecule has 3 aromatic carbocycles. The average molecular weight is 472 g/mol. The number of fused-ring (bicyclic) bond motifs is 1. The molecule has 0 unspecified atom stereocenters. The zero-order chi connectivity index (χ0) is 24.1. The molecular weight excluding hydrogens is 442 g/mol. The van der Waals surface area contributed by atoms with Gasteiger partial charge in [0.1, 0.15) is 0 Å². The Bertz CT molecular complexity index is 1360. The molecule has 0 spiro atoms. The molecule has 0 bridgehead atoms. The van der Waals surface area contributed by atoms with Crippen molar-refractivity contribution in [1.29, 1.82) is 0 Å². The van der Waals surface area contributed by atoms with Gasteiger partial charge in [-0.1, -0.05) is 85.8 Å². The van der Waals surface area contributed by atoms with Gasteiger partial charge < -0.3 is 5.32 Å². The van der Waals surface area contributed by atoms with Crippen molar-refractivity contribution >= 4 is 28.6 Å². The molecule has 0 atom stereocenters.